The van der Waals surface area contributed by atoms with E-state index in [0.717, 1.165) is 0 Å². The van der Waals surface area contributed by atoms with Gasteiger partial charge in [0.05, 0.1) is 16.9 Å². The summed E-state index contributed by atoms with van der Waals surface area (Å²) < 4.78 is 0. The fourth-order valence-corrected chi connectivity index (χ4v) is 0.918. The molecule has 0 fully saturated rings. The second-order valence-electron chi connectivity index (χ2n) is 2.39. The van der Waals surface area contributed by atoms with Gasteiger partial charge in [-0.15, -0.1) is 12.4 Å². The number of nitrogen functional groups attached to an aromatic ring is 2. The Morgan fingerprint density at radius 3 is 1.86 bits per heavy atom. The number of nitrogens with two attached hydrogens (primary N) is 2. The molecule has 0 aliphatic rings. The van der Waals surface area contributed by atoms with E-state index in [1.165, 1.54) is 12.1 Å². The van der Waals surface area contributed by atoms with Crippen molar-refractivity contribution in [3.63, 3.8) is 0 Å². The summed E-state index contributed by atoms with van der Waals surface area (Å²) in [5, 5.41) is 8.69. The van der Waals surface area contributed by atoms with Crippen LogP contribution in [0.3, 0.4) is 0 Å². The van der Waals surface area contributed by atoms with Crippen molar-refractivity contribution in [1.82, 2.24) is 0 Å². The smallest absolute Gasteiger partial charge is 0.335 e. The molecule has 7 N–H and O–H groups in total. The number of benzene rings is 1. The lowest BCUT2D eigenvalue weighted by molar-refractivity contribution is 0.0697. The Labute approximate surface area is 86.6 Å². The van der Waals surface area contributed by atoms with Crippen LogP contribution < -0.4 is 22.5 Å². The van der Waals surface area contributed by atoms with Gasteiger partial charge in [-0.2, -0.15) is 0 Å². The van der Waals surface area contributed by atoms with Gasteiger partial charge < -0.3 is 16.0 Å². The van der Waals surface area contributed by atoms with E-state index in [1.54, 1.807) is 6.07 Å². The summed E-state index contributed by atoms with van der Waals surface area (Å²) in [6, 6.07) is 4.40. The highest BCUT2D eigenvalue weighted by molar-refractivity contribution is 5.90. The number of nitrogens with one attached hydrogen (secondary N) is 2. The number of carbonyl (C=O) groups is 1. The van der Waals surface area contributed by atoms with Crippen LogP contribution >= 0.6 is 12.4 Å². The topological polar surface area (TPSA) is 113 Å². The molecule has 1 aromatic carbocycles. The second kappa shape index (κ2) is 5.28. The van der Waals surface area contributed by atoms with Gasteiger partial charge in [-0.1, -0.05) is 0 Å². The van der Waals surface area contributed by atoms with E-state index >= 15 is 0 Å². The number of anilines is 2. The molecule has 7 heteroatoms. The molecular formula is C7H11ClN4O2. The zero-order chi connectivity index (χ0) is 9.84. The van der Waals surface area contributed by atoms with Gasteiger partial charge in [0.1, 0.15) is 0 Å². The standard InChI is InChI=1S/C7H10N4O2.ClH/c8-10-5-1-4(7(12)13)2-6(3-5)11-9;/h1-3,10-11H,8-9H2,(H,12,13);1H. The van der Waals surface area contributed by atoms with Crippen LogP contribution in [0.1, 0.15) is 10.4 Å². The van der Waals surface area contributed by atoms with Gasteiger partial charge in [-0.05, 0) is 18.2 Å². The quantitative estimate of drug-likeness (QED) is 0.370. The third-order valence-electron chi connectivity index (χ3n) is 1.51. The van der Waals surface area contributed by atoms with Crippen LogP contribution in [-0.4, -0.2) is 11.1 Å². The molecule has 0 saturated heterocycles. The number of rotatable bonds is 3. The summed E-state index contributed by atoms with van der Waals surface area (Å²) in [4.78, 5) is 10.6. The summed E-state index contributed by atoms with van der Waals surface area (Å²) in [5.41, 5.74) is 5.75. The maximum Gasteiger partial charge on any atom is 0.335 e. The first-order valence-electron chi connectivity index (χ1n) is 3.49. The number of hydrogen-bond acceptors (Lipinski definition) is 5. The molecule has 6 nitrogen and oxygen atoms in total. The highest BCUT2D eigenvalue weighted by atomic mass is 35.5. The zero-order valence-electron chi connectivity index (χ0n) is 7.15. The van der Waals surface area contributed by atoms with Crippen LogP contribution in [0, 0.1) is 0 Å². The van der Waals surface area contributed by atoms with E-state index < -0.39 is 5.97 Å². The predicted octanol–water partition coefficient (Wildman–Crippen LogP) is 0.378. The third kappa shape index (κ3) is 2.77. The van der Waals surface area contributed by atoms with Crippen molar-refractivity contribution in [2.45, 2.75) is 0 Å². The molecule has 1 rings (SSSR count). The van der Waals surface area contributed by atoms with Gasteiger partial charge in [0, 0.05) is 0 Å². The van der Waals surface area contributed by atoms with Crippen LogP contribution in [0.15, 0.2) is 18.2 Å². The molecule has 14 heavy (non-hydrogen) atoms. The highest BCUT2D eigenvalue weighted by Gasteiger charge is 2.05. The SMILES string of the molecule is Cl.NNc1cc(NN)cc(C(=O)O)c1. The molecule has 0 amide bonds. The van der Waals surface area contributed by atoms with Crippen molar-refractivity contribution in [3.05, 3.63) is 23.8 Å². The van der Waals surface area contributed by atoms with E-state index in [0.29, 0.717) is 11.4 Å². The Bertz CT molecular complexity index is 309. The normalized spacial score (nSPS) is 8.71. The average Bonchev–Trinajstić information content (AvgIpc) is 2.16. The molecule has 0 aromatic heterocycles. The van der Waals surface area contributed by atoms with E-state index in [4.69, 9.17) is 16.8 Å². The fourth-order valence-electron chi connectivity index (χ4n) is 0.918. The summed E-state index contributed by atoms with van der Waals surface area (Å²) in [6.07, 6.45) is 0. The first-order valence-corrected chi connectivity index (χ1v) is 3.49. The van der Waals surface area contributed by atoms with E-state index in [-0.39, 0.29) is 18.0 Å². The molecule has 78 valence electrons. The molecule has 0 aliphatic carbocycles. The van der Waals surface area contributed by atoms with Crippen molar-refractivity contribution < 1.29 is 9.90 Å². The molecule has 0 saturated carbocycles. The second-order valence-corrected chi connectivity index (χ2v) is 2.39. The fraction of sp³-hybridized carbons (Fsp3) is 0. The first-order chi connectivity index (χ1) is 6.17. The molecule has 0 bridgehead atoms. The molecule has 0 atom stereocenters. The largest absolute Gasteiger partial charge is 0.478 e. The maximum absolute atomic E-state index is 10.6. The van der Waals surface area contributed by atoms with Gasteiger partial charge in [0.2, 0.25) is 0 Å². The lowest BCUT2D eigenvalue weighted by atomic mass is 10.2. The van der Waals surface area contributed by atoms with Crippen molar-refractivity contribution in [1.29, 1.82) is 0 Å². The maximum atomic E-state index is 10.6. The summed E-state index contributed by atoms with van der Waals surface area (Å²) >= 11 is 0. The van der Waals surface area contributed by atoms with E-state index in [2.05, 4.69) is 10.9 Å². The number of hydrazine groups is 2. The van der Waals surface area contributed by atoms with Crippen molar-refractivity contribution in [3.8, 4) is 0 Å². The molecule has 0 radical (unpaired) electrons. The van der Waals surface area contributed by atoms with E-state index in [1.807, 2.05) is 0 Å². The van der Waals surface area contributed by atoms with Crippen LogP contribution in [0.5, 0.6) is 0 Å². The van der Waals surface area contributed by atoms with Crippen LogP contribution in [0.4, 0.5) is 11.4 Å². The van der Waals surface area contributed by atoms with Crippen LogP contribution in [0.2, 0.25) is 0 Å². The van der Waals surface area contributed by atoms with Crippen molar-refractivity contribution >= 4 is 29.8 Å². The summed E-state index contributed by atoms with van der Waals surface area (Å²) in [6.45, 7) is 0. The highest BCUT2D eigenvalue weighted by Crippen LogP contribution is 2.17. The Morgan fingerprint density at radius 2 is 1.57 bits per heavy atom. The van der Waals surface area contributed by atoms with Gasteiger partial charge in [0.25, 0.3) is 0 Å². The molecule has 0 spiro atoms. The van der Waals surface area contributed by atoms with Crippen molar-refractivity contribution in [2.24, 2.45) is 11.7 Å². The number of carboxylic acids is 1. The Kier molecular flexibility index (Phi) is 4.71. The Hall–Kier alpha value is -1.50. The minimum absolute atomic E-state index is 0. The van der Waals surface area contributed by atoms with Gasteiger partial charge in [-0.25, -0.2) is 4.79 Å². The monoisotopic (exact) mass is 218 g/mol. The first kappa shape index (κ1) is 12.5. The molecule has 0 unspecified atom stereocenters. The predicted molar refractivity (Wildman–Crippen MR) is 56.3 cm³/mol. The van der Waals surface area contributed by atoms with E-state index in [9.17, 15) is 4.79 Å². The minimum Gasteiger partial charge on any atom is -0.478 e. The van der Waals surface area contributed by atoms with Crippen molar-refractivity contribution in [2.75, 3.05) is 10.9 Å². The number of carboxylic acid groups (broad SMARTS) is 1. The number of halogens is 1. The number of hydrogen-bond donors (Lipinski definition) is 5. The molecule has 0 heterocycles. The lowest BCUT2D eigenvalue weighted by Crippen LogP contribution is -2.11. The number of aromatic carboxylic acids is 1. The molecular weight excluding hydrogens is 208 g/mol. The Balaban J connectivity index is 0.00000169. The summed E-state index contributed by atoms with van der Waals surface area (Å²) in [7, 11) is 0. The minimum atomic E-state index is -1.03. The average molecular weight is 219 g/mol. The summed E-state index contributed by atoms with van der Waals surface area (Å²) in [5.74, 6) is 9.23. The molecule has 0 aliphatic heterocycles. The Morgan fingerprint density at radius 1 is 1.14 bits per heavy atom. The van der Waals surface area contributed by atoms with Crippen LogP contribution in [0.25, 0.3) is 0 Å². The molecule has 1 aromatic rings. The van der Waals surface area contributed by atoms with Gasteiger partial charge in [0.15, 0.2) is 0 Å². The van der Waals surface area contributed by atoms with Gasteiger partial charge in [-0.3, -0.25) is 11.7 Å². The lowest BCUT2D eigenvalue weighted by Gasteiger charge is -2.05. The third-order valence-corrected chi connectivity index (χ3v) is 1.51. The van der Waals surface area contributed by atoms with Gasteiger partial charge >= 0.3 is 5.97 Å². The zero-order valence-corrected chi connectivity index (χ0v) is 7.97. The van der Waals surface area contributed by atoms with Crippen LogP contribution in [-0.2, 0) is 0 Å².